The minimum Gasteiger partial charge on any atom is -0.482 e. The molecule has 3 aliphatic rings. The fourth-order valence-electron chi connectivity index (χ4n) is 6.62. The Morgan fingerprint density at radius 1 is 0.951 bits per heavy atom. The van der Waals surface area contributed by atoms with Gasteiger partial charge in [0.2, 0.25) is 0 Å². The van der Waals surface area contributed by atoms with Crippen molar-refractivity contribution in [1.29, 1.82) is 0 Å². The van der Waals surface area contributed by atoms with E-state index in [2.05, 4.69) is 44.8 Å². The molecular formula is C34H39ClN2O4. The number of nitrogens with zero attached hydrogens (tertiary/aromatic N) is 1. The number of ketones is 2. The number of aryl methyl sites for hydroxylation is 1. The monoisotopic (exact) mass is 574 g/mol. The number of halogens is 1. The fourth-order valence-corrected chi connectivity index (χ4v) is 6.86. The number of hydrogen-bond acceptors (Lipinski definition) is 5. The zero-order chi connectivity index (χ0) is 29.7. The van der Waals surface area contributed by atoms with Crippen LogP contribution >= 0.6 is 11.6 Å². The highest BCUT2D eigenvalue weighted by atomic mass is 35.5. The van der Waals surface area contributed by atoms with Crippen LogP contribution in [0, 0.1) is 17.8 Å². The number of rotatable bonds is 6. The molecule has 41 heavy (non-hydrogen) atoms. The van der Waals surface area contributed by atoms with E-state index < -0.39 is 5.92 Å². The number of ether oxygens (including phenoxy) is 1. The predicted octanol–water partition coefficient (Wildman–Crippen LogP) is 7.37. The number of hydrogen-bond donors (Lipinski definition) is 1. The molecule has 1 heterocycles. The van der Waals surface area contributed by atoms with E-state index in [1.807, 2.05) is 37.3 Å². The summed E-state index contributed by atoms with van der Waals surface area (Å²) in [5, 5.41) is 3.19. The Labute approximate surface area is 247 Å². The normalized spacial score (nSPS) is 20.1. The van der Waals surface area contributed by atoms with Crippen molar-refractivity contribution in [1.82, 2.24) is 4.90 Å². The van der Waals surface area contributed by atoms with Crippen molar-refractivity contribution in [3.05, 3.63) is 81.2 Å². The van der Waals surface area contributed by atoms with Gasteiger partial charge in [0.05, 0.1) is 5.02 Å². The first-order valence-electron chi connectivity index (χ1n) is 14.4. The molecule has 0 saturated heterocycles. The van der Waals surface area contributed by atoms with Crippen LogP contribution < -0.4 is 10.1 Å². The maximum absolute atomic E-state index is 13.8. The Balaban J connectivity index is 1.49. The molecule has 6 nitrogen and oxygen atoms in total. The van der Waals surface area contributed by atoms with E-state index in [-0.39, 0.29) is 34.9 Å². The zero-order valence-corrected chi connectivity index (χ0v) is 25.6. The van der Waals surface area contributed by atoms with Crippen molar-refractivity contribution in [2.45, 2.75) is 73.1 Å². The van der Waals surface area contributed by atoms with Gasteiger partial charge in [-0.05, 0) is 66.8 Å². The Morgan fingerprint density at radius 2 is 1.54 bits per heavy atom. The van der Waals surface area contributed by atoms with Gasteiger partial charge in [0.25, 0.3) is 5.91 Å². The third-order valence-electron chi connectivity index (χ3n) is 8.41. The average Bonchev–Trinajstić information content (AvgIpc) is 2.87. The van der Waals surface area contributed by atoms with E-state index in [4.69, 9.17) is 16.3 Å². The van der Waals surface area contributed by atoms with Crippen LogP contribution in [0.25, 0.3) is 0 Å². The van der Waals surface area contributed by atoms with Crippen LogP contribution in [0.4, 0.5) is 5.69 Å². The van der Waals surface area contributed by atoms with Crippen LogP contribution in [0.5, 0.6) is 5.75 Å². The molecule has 7 heteroatoms. The number of benzene rings is 2. The van der Waals surface area contributed by atoms with E-state index in [1.54, 1.807) is 12.1 Å². The highest BCUT2D eigenvalue weighted by Gasteiger charge is 2.48. The molecule has 0 aromatic heterocycles. The maximum Gasteiger partial charge on any atom is 0.262 e. The molecule has 2 aromatic carbocycles. The number of anilines is 1. The summed E-state index contributed by atoms with van der Waals surface area (Å²) in [6.07, 6.45) is 2.42. The van der Waals surface area contributed by atoms with E-state index in [0.29, 0.717) is 30.2 Å². The van der Waals surface area contributed by atoms with E-state index >= 15 is 0 Å². The molecule has 0 spiro atoms. The SMILES string of the molecule is CCN1C2=C(C(=O)CC(C)(C)C2)C(c2ccc(OCC(=O)Nc3ccccc3C)c(Cl)c2)C2=C1CC(C)(C)CC2=O. The quantitative estimate of drug-likeness (QED) is 0.390. The molecule has 1 amide bonds. The first kappa shape index (κ1) is 29.1. The molecule has 1 N–H and O–H groups in total. The molecule has 0 bridgehead atoms. The second-order valence-corrected chi connectivity index (χ2v) is 13.5. The lowest BCUT2D eigenvalue weighted by Crippen LogP contribution is -2.44. The van der Waals surface area contributed by atoms with Gasteiger partial charge in [-0.15, -0.1) is 0 Å². The summed E-state index contributed by atoms with van der Waals surface area (Å²) in [6.45, 7) is 13.1. The number of nitrogens with one attached hydrogen (secondary N) is 1. The van der Waals surface area contributed by atoms with E-state index in [1.165, 1.54) is 0 Å². The third kappa shape index (κ3) is 5.72. The molecule has 0 saturated carbocycles. The van der Waals surface area contributed by atoms with Gasteiger partial charge < -0.3 is 15.0 Å². The van der Waals surface area contributed by atoms with Crippen molar-refractivity contribution >= 4 is 34.8 Å². The molecule has 2 aromatic rings. The zero-order valence-electron chi connectivity index (χ0n) is 24.8. The van der Waals surface area contributed by atoms with Gasteiger partial charge in [-0.1, -0.05) is 63.6 Å². The second kappa shape index (κ2) is 10.8. The number of carbonyl (C=O) groups is 3. The van der Waals surface area contributed by atoms with Crippen molar-refractivity contribution in [2.24, 2.45) is 10.8 Å². The predicted molar refractivity (Wildman–Crippen MR) is 162 cm³/mol. The molecule has 216 valence electrons. The van der Waals surface area contributed by atoms with Crippen molar-refractivity contribution in [3.63, 3.8) is 0 Å². The van der Waals surface area contributed by atoms with Gasteiger partial charge in [-0.2, -0.15) is 0 Å². The van der Waals surface area contributed by atoms with Gasteiger partial charge in [-0.3, -0.25) is 14.4 Å². The highest BCUT2D eigenvalue weighted by Crippen LogP contribution is 2.54. The van der Waals surface area contributed by atoms with Crippen LogP contribution in [0.15, 0.2) is 65.0 Å². The van der Waals surface area contributed by atoms with E-state index in [9.17, 15) is 14.4 Å². The summed E-state index contributed by atoms with van der Waals surface area (Å²) < 4.78 is 5.79. The maximum atomic E-state index is 13.8. The van der Waals surface area contributed by atoms with Gasteiger partial charge in [-0.25, -0.2) is 0 Å². The molecule has 0 unspecified atom stereocenters. The summed E-state index contributed by atoms with van der Waals surface area (Å²) in [4.78, 5) is 42.3. The summed E-state index contributed by atoms with van der Waals surface area (Å²) in [6, 6.07) is 12.9. The molecule has 5 rings (SSSR count). The van der Waals surface area contributed by atoms with Crippen molar-refractivity contribution in [2.75, 3.05) is 18.5 Å². The van der Waals surface area contributed by atoms with Crippen LogP contribution in [0.1, 0.15) is 77.3 Å². The lowest BCUT2D eigenvalue weighted by molar-refractivity contribution is -0.120. The lowest BCUT2D eigenvalue weighted by Gasteiger charge is -2.48. The third-order valence-corrected chi connectivity index (χ3v) is 8.70. The Morgan fingerprint density at radius 3 is 2.07 bits per heavy atom. The van der Waals surface area contributed by atoms with E-state index in [0.717, 1.165) is 52.2 Å². The first-order valence-corrected chi connectivity index (χ1v) is 14.8. The number of amides is 1. The van der Waals surface area contributed by atoms with Crippen molar-refractivity contribution in [3.8, 4) is 5.75 Å². The Bertz CT molecular complexity index is 1450. The van der Waals surface area contributed by atoms with Gasteiger partial charge >= 0.3 is 0 Å². The van der Waals surface area contributed by atoms with Crippen LogP contribution in [-0.4, -0.2) is 35.5 Å². The smallest absolute Gasteiger partial charge is 0.262 e. The van der Waals surface area contributed by atoms with Gasteiger partial charge in [0.15, 0.2) is 18.2 Å². The summed E-state index contributed by atoms with van der Waals surface area (Å²) in [5.41, 5.74) is 5.68. The summed E-state index contributed by atoms with van der Waals surface area (Å²) in [7, 11) is 0. The lowest BCUT2D eigenvalue weighted by atomic mass is 9.63. The molecule has 0 radical (unpaired) electrons. The minimum atomic E-state index is -0.467. The molecular weight excluding hydrogens is 536 g/mol. The summed E-state index contributed by atoms with van der Waals surface area (Å²) >= 11 is 6.72. The van der Waals surface area contributed by atoms with Crippen LogP contribution in [-0.2, 0) is 14.4 Å². The highest BCUT2D eigenvalue weighted by molar-refractivity contribution is 6.32. The molecule has 0 fully saturated rings. The second-order valence-electron chi connectivity index (χ2n) is 13.1. The van der Waals surface area contributed by atoms with Crippen molar-refractivity contribution < 1.29 is 19.1 Å². The van der Waals surface area contributed by atoms with Crippen LogP contribution in [0.3, 0.4) is 0 Å². The van der Waals surface area contributed by atoms with Crippen LogP contribution in [0.2, 0.25) is 5.02 Å². The first-order chi connectivity index (χ1) is 19.3. The molecule has 2 aliphatic carbocycles. The summed E-state index contributed by atoms with van der Waals surface area (Å²) in [5.74, 6) is -0.203. The largest absolute Gasteiger partial charge is 0.482 e. The molecule has 1 aliphatic heterocycles. The average molecular weight is 575 g/mol. The number of allylic oxidation sites excluding steroid dienone is 4. The Kier molecular flexibility index (Phi) is 7.66. The Hall–Kier alpha value is -3.38. The fraction of sp³-hybridized carbons (Fsp3) is 0.441. The standard InChI is InChI=1S/C34H39ClN2O4/c1-7-37-24-15-33(3,4)17-26(38)31(24)30(32-25(37)16-34(5,6)18-27(32)39)21-12-13-28(22(35)14-21)41-19-29(40)36-23-11-9-8-10-20(23)2/h8-14,30H,7,15-19H2,1-6H3,(H,36,40). The molecule has 0 atom stereocenters. The minimum absolute atomic E-state index is 0.0909. The topological polar surface area (TPSA) is 75.7 Å². The number of Topliss-reactive ketones (excluding diaryl/α,β-unsaturated/α-hetero) is 2. The number of carbonyl (C=O) groups excluding carboxylic acids is 3. The number of para-hydroxylation sites is 1. The van der Waals surface area contributed by atoms with Gasteiger partial charge in [0, 0.05) is 53.5 Å². The van der Waals surface area contributed by atoms with Gasteiger partial charge in [0.1, 0.15) is 5.75 Å².